The molecule has 1 saturated heterocycles. The van der Waals surface area contributed by atoms with Crippen LogP contribution in [0.15, 0.2) is 36.7 Å². The van der Waals surface area contributed by atoms with Gasteiger partial charge < -0.3 is 9.80 Å². The smallest absolute Gasteiger partial charge is 0.274 e. The monoisotopic (exact) mass is 490 g/mol. The van der Waals surface area contributed by atoms with Crippen LogP contribution in [0, 0.1) is 6.92 Å². The Morgan fingerprint density at radius 2 is 1.77 bits per heavy atom. The molecular formula is C25H27ClN8O. The van der Waals surface area contributed by atoms with Crippen molar-refractivity contribution in [2.75, 3.05) is 31.1 Å². The first-order valence-electron chi connectivity index (χ1n) is 12.2. The standard InChI is InChI=1S/C25H27ClN8O/c1-17-15-22(34-25(29-17)27-16-28-34)31-11-13-32(14-12-31)24(35)23-20-5-3-2-4-6-21(20)33(30-23)19-9-7-18(26)8-10-19/h7-10,15-16H,2-6,11-14H2,1H3. The van der Waals surface area contributed by atoms with E-state index in [1.165, 1.54) is 12.7 Å². The number of anilines is 1. The van der Waals surface area contributed by atoms with Crippen LogP contribution in [0.25, 0.3) is 11.5 Å². The molecule has 0 spiro atoms. The molecule has 0 bridgehead atoms. The zero-order valence-corrected chi connectivity index (χ0v) is 20.4. The van der Waals surface area contributed by atoms with Gasteiger partial charge in [-0.15, -0.1) is 0 Å². The van der Waals surface area contributed by atoms with Crippen LogP contribution in [-0.4, -0.2) is 66.3 Å². The van der Waals surface area contributed by atoms with Gasteiger partial charge >= 0.3 is 0 Å². The molecule has 1 aromatic carbocycles. The highest BCUT2D eigenvalue weighted by atomic mass is 35.5. The average Bonchev–Trinajstić information content (AvgIpc) is 3.41. The van der Waals surface area contributed by atoms with E-state index in [2.05, 4.69) is 20.0 Å². The van der Waals surface area contributed by atoms with Gasteiger partial charge in [0, 0.05) is 54.2 Å². The van der Waals surface area contributed by atoms with Crippen LogP contribution in [-0.2, 0) is 12.8 Å². The van der Waals surface area contributed by atoms with E-state index in [4.69, 9.17) is 16.7 Å². The highest BCUT2D eigenvalue weighted by molar-refractivity contribution is 6.30. The Morgan fingerprint density at radius 1 is 1.00 bits per heavy atom. The third kappa shape index (κ3) is 4.03. The van der Waals surface area contributed by atoms with E-state index >= 15 is 0 Å². The number of carbonyl (C=O) groups excluding carboxylic acids is 1. The van der Waals surface area contributed by atoms with E-state index in [0.717, 1.165) is 54.1 Å². The van der Waals surface area contributed by atoms with Crippen molar-refractivity contribution in [3.8, 4) is 5.69 Å². The maximum Gasteiger partial charge on any atom is 0.274 e. The average molecular weight is 491 g/mol. The number of aryl methyl sites for hydroxylation is 1. The molecule has 10 heteroatoms. The lowest BCUT2D eigenvalue weighted by molar-refractivity contribution is 0.0739. The Hall–Kier alpha value is -3.46. The van der Waals surface area contributed by atoms with Gasteiger partial charge in [0.05, 0.1) is 5.69 Å². The molecule has 0 atom stereocenters. The van der Waals surface area contributed by atoms with Gasteiger partial charge in [0.15, 0.2) is 5.69 Å². The molecule has 0 saturated carbocycles. The van der Waals surface area contributed by atoms with Crippen LogP contribution in [0.5, 0.6) is 0 Å². The fraction of sp³-hybridized carbons (Fsp3) is 0.400. The predicted molar refractivity (Wildman–Crippen MR) is 133 cm³/mol. The predicted octanol–water partition coefficient (Wildman–Crippen LogP) is 3.50. The van der Waals surface area contributed by atoms with E-state index in [9.17, 15) is 4.79 Å². The lowest BCUT2D eigenvalue weighted by Gasteiger charge is -2.35. The zero-order valence-electron chi connectivity index (χ0n) is 19.7. The summed E-state index contributed by atoms with van der Waals surface area (Å²) < 4.78 is 3.72. The summed E-state index contributed by atoms with van der Waals surface area (Å²) in [4.78, 5) is 26.6. The molecule has 0 radical (unpaired) electrons. The molecule has 1 aliphatic carbocycles. The summed E-state index contributed by atoms with van der Waals surface area (Å²) in [5, 5.41) is 9.89. The van der Waals surface area contributed by atoms with E-state index in [1.54, 1.807) is 4.52 Å². The van der Waals surface area contributed by atoms with Crippen LogP contribution < -0.4 is 4.90 Å². The summed E-state index contributed by atoms with van der Waals surface area (Å²) in [6.07, 6.45) is 6.71. The molecule has 1 fully saturated rings. The number of hydrogen-bond donors (Lipinski definition) is 0. The topological polar surface area (TPSA) is 84.5 Å². The molecule has 0 N–H and O–H groups in total. The van der Waals surface area contributed by atoms with Crippen molar-refractivity contribution < 1.29 is 4.79 Å². The van der Waals surface area contributed by atoms with E-state index in [1.807, 2.05) is 46.8 Å². The number of fused-ring (bicyclic) bond motifs is 2. The second-order valence-corrected chi connectivity index (χ2v) is 9.67. The summed E-state index contributed by atoms with van der Waals surface area (Å²) in [5.41, 5.74) is 4.71. The number of halogens is 1. The quantitative estimate of drug-likeness (QED) is 0.409. The number of carbonyl (C=O) groups is 1. The van der Waals surface area contributed by atoms with Gasteiger partial charge in [0.25, 0.3) is 11.7 Å². The molecule has 1 aliphatic heterocycles. The van der Waals surface area contributed by atoms with Crippen molar-refractivity contribution in [1.29, 1.82) is 0 Å². The molecule has 3 aromatic heterocycles. The molecule has 0 unspecified atom stereocenters. The Balaban J connectivity index is 1.26. The molecular weight excluding hydrogens is 464 g/mol. The first kappa shape index (κ1) is 22.0. The summed E-state index contributed by atoms with van der Waals surface area (Å²) in [5.74, 6) is 1.57. The lowest BCUT2D eigenvalue weighted by Crippen LogP contribution is -2.49. The Kier molecular flexibility index (Phi) is 5.64. The molecule has 9 nitrogen and oxygen atoms in total. The van der Waals surface area contributed by atoms with Crippen LogP contribution in [0.2, 0.25) is 5.02 Å². The minimum atomic E-state index is 0.0207. The molecule has 180 valence electrons. The second-order valence-electron chi connectivity index (χ2n) is 9.23. The third-order valence-corrected chi connectivity index (χ3v) is 7.21. The largest absolute Gasteiger partial charge is 0.353 e. The van der Waals surface area contributed by atoms with Crippen molar-refractivity contribution in [3.63, 3.8) is 0 Å². The fourth-order valence-electron chi connectivity index (χ4n) is 5.17. The van der Waals surface area contributed by atoms with E-state index in [0.29, 0.717) is 42.7 Å². The lowest BCUT2D eigenvalue weighted by atomic mass is 10.1. The first-order valence-corrected chi connectivity index (χ1v) is 12.5. The van der Waals surface area contributed by atoms with Gasteiger partial charge in [-0.3, -0.25) is 4.79 Å². The van der Waals surface area contributed by atoms with Gasteiger partial charge in [0.1, 0.15) is 12.1 Å². The Morgan fingerprint density at radius 3 is 2.57 bits per heavy atom. The number of piperazine rings is 1. The Bertz CT molecular complexity index is 1380. The van der Waals surface area contributed by atoms with Crippen LogP contribution in [0.1, 0.15) is 46.7 Å². The molecule has 4 heterocycles. The summed E-state index contributed by atoms with van der Waals surface area (Å²) in [6, 6.07) is 9.70. The maximum absolute atomic E-state index is 13.7. The molecule has 4 aromatic rings. The maximum atomic E-state index is 13.7. The fourth-order valence-corrected chi connectivity index (χ4v) is 5.29. The molecule has 35 heavy (non-hydrogen) atoms. The molecule has 6 rings (SSSR count). The number of nitrogens with zero attached hydrogens (tertiary/aromatic N) is 8. The minimum absolute atomic E-state index is 0.0207. The van der Waals surface area contributed by atoms with Crippen molar-refractivity contribution in [1.82, 2.24) is 34.3 Å². The number of aromatic nitrogens is 6. The summed E-state index contributed by atoms with van der Waals surface area (Å²) in [7, 11) is 0. The summed E-state index contributed by atoms with van der Waals surface area (Å²) >= 11 is 6.11. The van der Waals surface area contributed by atoms with Crippen LogP contribution in [0.3, 0.4) is 0 Å². The SMILES string of the molecule is Cc1cc(N2CCN(C(=O)c3nn(-c4ccc(Cl)cc4)c4c3CCCCC4)CC2)n2ncnc2n1. The highest BCUT2D eigenvalue weighted by Crippen LogP contribution is 2.28. The zero-order chi connectivity index (χ0) is 23.9. The van der Waals surface area contributed by atoms with Crippen molar-refractivity contribution >= 4 is 29.1 Å². The molecule has 1 amide bonds. The highest BCUT2D eigenvalue weighted by Gasteiger charge is 2.30. The van der Waals surface area contributed by atoms with E-state index in [-0.39, 0.29) is 5.91 Å². The number of hydrogen-bond acceptors (Lipinski definition) is 6. The van der Waals surface area contributed by atoms with Gasteiger partial charge in [-0.2, -0.15) is 19.7 Å². The minimum Gasteiger partial charge on any atom is -0.353 e. The van der Waals surface area contributed by atoms with Gasteiger partial charge in [-0.25, -0.2) is 9.67 Å². The van der Waals surface area contributed by atoms with Crippen LogP contribution >= 0.6 is 11.6 Å². The summed E-state index contributed by atoms with van der Waals surface area (Å²) in [6.45, 7) is 4.63. The molecule has 2 aliphatic rings. The Labute approximate surface area is 208 Å². The van der Waals surface area contributed by atoms with E-state index < -0.39 is 0 Å². The van der Waals surface area contributed by atoms with Gasteiger partial charge in [-0.05, 0) is 56.9 Å². The van der Waals surface area contributed by atoms with Gasteiger partial charge in [-0.1, -0.05) is 18.0 Å². The van der Waals surface area contributed by atoms with Gasteiger partial charge in [0.2, 0.25) is 0 Å². The normalized spacial score (nSPS) is 16.4. The van der Waals surface area contributed by atoms with Crippen LogP contribution in [0.4, 0.5) is 5.82 Å². The second kappa shape index (κ2) is 8.96. The first-order chi connectivity index (χ1) is 17.1. The van der Waals surface area contributed by atoms with Crippen molar-refractivity contribution in [3.05, 3.63) is 64.3 Å². The number of benzene rings is 1. The van der Waals surface area contributed by atoms with Crippen molar-refractivity contribution in [2.24, 2.45) is 0 Å². The van der Waals surface area contributed by atoms with Crippen molar-refractivity contribution in [2.45, 2.75) is 39.0 Å². The third-order valence-electron chi connectivity index (χ3n) is 6.96. The number of amides is 1. The number of rotatable bonds is 3.